The summed E-state index contributed by atoms with van der Waals surface area (Å²) < 4.78 is 3.27. The van der Waals surface area contributed by atoms with E-state index in [0.717, 1.165) is 5.69 Å². The molecule has 1 aromatic rings. The fraction of sp³-hybridized carbons (Fsp3) is 0.375. The fourth-order valence-corrected chi connectivity index (χ4v) is 1.99. The first-order valence-corrected chi connectivity index (χ1v) is 4.53. The van der Waals surface area contributed by atoms with Crippen molar-refractivity contribution in [3.8, 4) is 0 Å². The molecule has 0 spiro atoms. The van der Waals surface area contributed by atoms with Crippen molar-refractivity contribution in [2.24, 2.45) is 0 Å². The molecule has 3 heteroatoms. The topological polar surface area (TPSA) is 24.9 Å². The van der Waals surface area contributed by atoms with Gasteiger partial charge in [-0.15, -0.1) is 0 Å². The van der Waals surface area contributed by atoms with E-state index in [-0.39, 0.29) is 0 Å². The van der Waals surface area contributed by atoms with Crippen LogP contribution in [-0.2, 0) is 0 Å². The van der Waals surface area contributed by atoms with E-state index in [2.05, 4.69) is 22.7 Å². The predicted octanol–water partition coefficient (Wildman–Crippen LogP) is 2.52. The van der Waals surface area contributed by atoms with E-state index >= 15 is 0 Å². The normalized spacial score (nSPS) is 21.1. The van der Waals surface area contributed by atoms with Gasteiger partial charge in [0, 0.05) is 17.5 Å². The fourth-order valence-electron chi connectivity index (χ4n) is 1.20. The van der Waals surface area contributed by atoms with Gasteiger partial charge in [-0.2, -0.15) is 0 Å². The van der Waals surface area contributed by atoms with Crippen LogP contribution in [0.25, 0.3) is 0 Å². The SMILES string of the molecule is Cc1cc2c(cn1)[C@@H](C)SN2. The molecule has 0 amide bonds. The monoisotopic (exact) mass is 166 g/mol. The Morgan fingerprint density at radius 3 is 3.27 bits per heavy atom. The molecule has 1 atom stereocenters. The lowest BCUT2D eigenvalue weighted by Crippen LogP contribution is -1.86. The Hall–Kier alpha value is -0.700. The Balaban J connectivity index is 2.50. The van der Waals surface area contributed by atoms with Crippen LogP contribution in [0.3, 0.4) is 0 Å². The van der Waals surface area contributed by atoms with E-state index in [4.69, 9.17) is 0 Å². The van der Waals surface area contributed by atoms with Crippen molar-refractivity contribution < 1.29 is 0 Å². The van der Waals surface area contributed by atoms with Crippen LogP contribution in [0.4, 0.5) is 5.69 Å². The average Bonchev–Trinajstić information content (AvgIpc) is 2.32. The summed E-state index contributed by atoms with van der Waals surface area (Å²) in [5, 5.41) is 0.540. The second-order valence-electron chi connectivity index (χ2n) is 2.78. The number of fused-ring (bicyclic) bond motifs is 1. The van der Waals surface area contributed by atoms with Gasteiger partial charge in [0.1, 0.15) is 0 Å². The second kappa shape index (κ2) is 2.41. The summed E-state index contributed by atoms with van der Waals surface area (Å²) in [6, 6.07) is 2.09. The minimum absolute atomic E-state index is 0.540. The quantitative estimate of drug-likeness (QED) is 0.599. The molecule has 1 N–H and O–H groups in total. The summed E-state index contributed by atoms with van der Waals surface area (Å²) >= 11 is 1.74. The molecule has 1 aromatic heterocycles. The zero-order valence-corrected chi connectivity index (χ0v) is 7.40. The van der Waals surface area contributed by atoms with E-state index in [0.29, 0.717) is 5.25 Å². The van der Waals surface area contributed by atoms with Crippen LogP contribution in [-0.4, -0.2) is 4.98 Å². The van der Waals surface area contributed by atoms with Crippen LogP contribution in [0.1, 0.15) is 23.4 Å². The van der Waals surface area contributed by atoms with Crippen LogP contribution in [0.5, 0.6) is 0 Å². The highest BCUT2D eigenvalue weighted by molar-refractivity contribution is 8.01. The standard InChI is InChI=1S/C8H10N2S/c1-5-3-8-7(4-9-5)6(2)11-10-8/h3-4,6,10H,1-2H3/t6-/m1/s1. The molecule has 2 heterocycles. The van der Waals surface area contributed by atoms with Crippen molar-refractivity contribution in [1.29, 1.82) is 0 Å². The highest BCUT2D eigenvalue weighted by Crippen LogP contribution is 2.40. The number of anilines is 1. The number of hydrogen-bond acceptors (Lipinski definition) is 3. The van der Waals surface area contributed by atoms with Gasteiger partial charge in [0.15, 0.2) is 0 Å². The molecule has 11 heavy (non-hydrogen) atoms. The number of nitrogens with zero attached hydrogens (tertiary/aromatic N) is 1. The number of pyridine rings is 1. The van der Waals surface area contributed by atoms with E-state index < -0.39 is 0 Å². The van der Waals surface area contributed by atoms with Gasteiger partial charge in [-0.3, -0.25) is 4.98 Å². The Labute approximate surface area is 70.5 Å². The van der Waals surface area contributed by atoms with E-state index in [1.54, 1.807) is 11.9 Å². The van der Waals surface area contributed by atoms with Crippen LogP contribution < -0.4 is 4.72 Å². The van der Waals surface area contributed by atoms with Crippen molar-refractivity contribution in [2.75, 3.05) is 4.72 Å². The summed E-state index contributed by atoms with van der Waals surface area (Å²) in [5.41, 5.74) is 3.63. The van der Waals surface area contributed by atoms with Crippen LogP contribution in [0.15, 0.2) is 12.3 Å². The zero-order valence-electron chi connectivity index (χ0n) is 6.59. The molecule has 0 saturated carbocycles. The third kappa shape index (κ3) is 1.09. The van der Waals surface area contributed by atoms with Gasteiger partial charge in [0.05, 0.1) is 10.9 Å². The number of nitrogens with one attached hydrogen (secondary N) is 1. The first-order valence-electron chi connectivity index (χ1n) is 3.65. The highest BCUT2D eigenvalue weighted by Gasteiger charge is 2.18. The van der Waals surface area contributed by atoms with Gasteiger partial charge in [-0.05, 0) is 31.9 Å². The molecule has 2 rings (SSSR count). The smallest absolute Gasteiger partial charge is 0.0517 e. The lowest BCUT2D eigenvalue weighted by Gasteiger charge is -1.99. The molecule has 0 aromatic carbocycles. The van der Waals surface area contributed by atoms with Gasteiger partial charge in [-0.25, -0.2) is 0 Å². The van der Waals surface area contributed by atoms with Gasteiger partial charge >= 0.3 is 0 Å². The van der Waals surface area contributed by atoms with E-state index in [1.165, 1.54) is 11.3 Å². The Kier molecular flexibility index (Phi) is 1.53. The molecular formula is C8H10N2S. The minimum Gasteiger partial charge on any atom is -0.329 e. The largest absolute Gasteiger partial charge is 0.329 e. The molecule has 1 aliphatic heterocycles. The number of rotatable bonds is 0. The molecule has 2 nitrogen and oxygen atoms in total. The van der Waals surface area contributed by atoms with Gasteiger partial charge in [0.2, 0.25) is 0 Å². The maximum absolute atomic E-state index is 4.25. The van der Waals surface area contributed by atoms with E-state index in [9.17, 15) is 0 Å². The number of hydrogen-bond donors (Lipinski definition) is 1. The summed E-state index contributed by atoms with van der Waals surface area (Å²) in [5.74, 6) is 0. The molecule has 0 saturated heterocycles. The first-order chi connectivity index (χ1) is 5.27. The molecular weight excluding hydrogens is 156 g/mol. The van der Waals surface area contributed by atoms with Crippen molar-refractivity contribution in [3.05, 3.63) is 23.5 Å². The highest BCUT2D eigenvalue weighted by atomic mass is 32.2. The molecule has 0 fully saturated rings. The van der Waals surface area contributed by atoms with Crippen molar-refractivity contribution in [2.45, 2.75) is 19.1 Å². The summed E-state index contributed by atoms with van der Waals surface area (Å²) in [4.78, 5) is 4.25. The van der Waals surface area contributed by atoms with Crippen LogP contribution >= 0.6 is 11.9 Å². The van der Waals surface area contributed by atoms with Crippen molar-refractivity contribution in [3.63, 3.8) is 0 Å². The average molecular weight is 166 g/mol. The minimum atomic E-state index is 0.540. The molecule has 1 aliphatic rings. The molecule has 0 aliphatic carbocycles. The molecule has 0 radical (unpaired) electrons. The molecule has 0 bridgehead atoms. The maximum Gasteiger partial charge on any atom is 0.0517 e. The number of aromatic nitrogens is 1. The maximum atomic E-state index is 4.25. The Bertz CT molecular complexity index is 285. The third-order valence-electron chi connectivity index (χ3n) is 1.86. The molecule has 58 valence electrons. The van der Waals surface area contributed by atoms with Crippen LogP contribution in [0.2, 0.25) is 0 Å². The Morgan fingerprint density at radius 2 is 2.45 bits per heavy atom. The van der Waals surface area contributed by atoms with Gasteiger partial charge in [0.25, 0.3) is 0 Å². The summed E-state index contributed by atoms with van der Waals surface area (Å²) in [6.07, 6.45) is 1.96. The number of aryl methyl sites for hydroxylation is 1. The zero-order chi connectivity index (χ0) is 7.84. The van der Waals surface area contributed by atoms with Crippen LogP contribution in [0, 0.1) is 6.92 Å². The third-order valence-corrected chi connectivity index (χ3v) is 2.80. The Morgan fingerprint density at radius 1 is 1.64 bits per heavy atom. The van der Waals surface area contributed by atoms with Gasteiger partial charge in [-0.1, -0.05) is 0 Å². The van der Waals surface area contributed by atoms with Crippen molar-refractivity contribution >= 4 is 17.6 Å². The molecule has 0 unspecified atom stereocenters. The van der Waals surface area contributed by atoms with Gasteiger partial charge < -0.3 is 4.72 Å². The van der Waals surface area contributed by atoms with E-state index in [1.807, 2.05) is 13.1 Å². The van der Waals surface area contributed by atoms with Crippen molar-refractivity contribution in [1.82, 2.24) is 4.98 Å². The lowest BCUT2D eigenvalue weighted by molar-refractivity contribution is 1.08. The second-order valence-corrected chi connectivity index (χ2v) is 3.92. The lowest BCUT2D eigenvalue weighted by atomic mass is 10.2. The summed E-state index contributed by atoms with van der Waals surface area (Å²) in [7, 11) is 0. The summed E-state index contributed by atoms with van der Waals surface area (Å²) in [6.45, 7) is 4.19. The predicted molar refractivity (Wildman–Crippen MR) is 48.6 cm³/mol. The first kappa shape index (κ1) is 6.98.